The van der Waals surface area contributed by atoms with Crippen LogP contribution in [0.25, 0.3) is 10.9 Å². The summed E-state index contributed by atoms with van der Waals surface area (Å²) in [5, 5.41) is 4.90. The number of benzene rings is 3. The molecule has 230 valence electrons. The topological polar surface area (TPSA) is 77.7 Å². The number of halogens is 2. The van der Waals surface area contributed by atoms with E-state index in [4.69, 9.17) is 16.3 Å². The van der Waals surface area contributed by atoms with Crippen LogP contribution in [0.4, 0.5) is 0 Å². The number of hydrogen-bond acceptors (Lipinski definition) is 5. The second-order valence-electron chi connectivity index (χ2n) is 11.5. The van der Waals surface area contributed by atoms with Crippen LogP contribution < -0.4 is 5.32 Å². The maximum Gasteiger partial charge on any atom is 0.239 e. The molecule has 2 saturated heterocycles. The molecule has 2 N–H and O–H groups in total. The van der Waals surface area contributed by atoms with Crippen molar-refractivity contribution >= 4 is 62.0 Å². The van der Waals surface area contributed by atoms with E-state index < -0.39 is 10.8 Å². The van der Waals surface area contributed by atoms with Crippen LogP contribution in [0, 0.1) is 6.92 Å². The van der Waals surface area contributed by atoms with E-state index in [0.717, 1.165) is 76.2 Å². The quantitative estimate of drug-likeness (QED) is 0.180. The number of aryl methyl sites for hydroxylation is 1. The van der Waals surface area contributed by atoms with Crippen LogP contribution in [0.5, 0.6) is 0 Å². The first-order valence-electron chi connectivity index (χ1n) is 15.0. The van der Waals surface area contributed by atoms with Crippen molar-refractivity contribution in [2.75, 3.05) is 39.4 Å². The minimum Gasteiger partial charge on any atom is -0.379 e. The van der Waals surface area contributed by atoms with E-state index in [9.17, 15) is 9.59 Å². The number of carbonyl (C=O) groups is 2. The second-order valence-corrected chi connectivity index (χ2v) is 14.3. The van der Waals surface area contributed by atoms with Crippen molar-refractivity contribution in [2.24, 2.45) is 0 Å². The normalized spacial score (nSPS) is 20.8. The fourth-order valence-electron chi connectivity index (χ4n) is 6.19. The maximum atomic E-state index is 14.6. The number of H-pyrrole nitrogens is 1. The molecule has 1 aromatic heterocycles. The largest absolute Gasteiger partial charge is 0.379 e. The van der Waals surface area contributed by atoms with Crippen molar-refractivity contribution in [1.29, 1.82) is 0 Å². The molecule has 7 nitrogen and oxygen atoms in total. The summed E-state index contributed by atoms with van der Waals surface area (Å²) in [6.07, 6.45) is 2.87. The molecule has 0 saturated carbocycles. The Morgan fingerprint density at radius 2 is 1.86 bits per heavy atom. The lowest BCUT2D eigenvalue weighted by Crippen LogP contribution is -2.48. The molecule has 2 aliphatic heterocycles. The summed E-state index contributed by atoms with van der Waals surface area (Å²) in [4.78, 5) is 37.3. The highest BCUT2D eigenvalue weighted by molar-refractivity contribution is 9.10. The number of rotatable bonds is 10. The highest BCUT2D eigenvalue weighted by Gasteiger charge is 2.58. The molecule has 0 unspecified atom stereocenters. The molecule has 0 bridgehead atoms. The lowest BCUT2D eigenvalue weighted by molar-refractivity contribution is -0.129. The van der Waals surface area contributed by atoms with Crippen LogP contribution in [0.2, 0.25) is 5.02 Å². The van der Waals surface area contributed by atoms with E-state index >= 15 is 0 Å². The molecular formula is C34H36BrClN4O3S. The van der Waals surface area contributed by atoms with Gasteiger partial charge in [0.15, 0.2) is 0 Å². The Balaban J connectivity index is 1.39. The van der Waals surface area contributed by atoms with Gasteiger partial charge in [0.25, 0.3) is 0 Å². The van der Waals surface area contributed by atoms with Gasteiger partial charge < -0.3 is 19.9 Å². The number of fused-ring (bicyclic) bond motifs is 1. The Labute approximate surface area is 275 Å². The molecule has 6 rings (SSSR count). The molecular weight excluding hydrogens is 660 g/mol. The highest BCUT2D eigenvalue weighted by atomic mass is 79.9. The Hall–Kier alpha value is -2.82. The van der Waals surface area contributed by atoms with Crippen LogP contribution in [0.15, 0.2) is 82.3 Å². The van der Waals surface area contributed by atoms with Gasteiger partial charge in [-0.25, -0.2) is 0 Å². The number of aromatic nitrogens is 1. The lowest BCUT2D eigenvalue weighted by atomic mass is 9.91. The number of ether oxygens (including phenoxy) is 1. The van der Waals surface area contributed by atoms with Crippen molar-refractivity contribution in [3.8, 4) is 0 Å². The maximum absolute atomic E-state index is 14.6. The molecule has 3 aromatic carbocycles. The van der Waals surface area contributed by atoms with Crippen molar-refractivity contribution in [3.63, 3.8) is 0 Å². The third-order valence-corrected chi connectivity index (χ3v) is 10.6. The number of nitrogens with zero attached hydrogens (tertiary/aromatic N) is 2. The van der Waals surface area contributed by atoms with Crippen LogP contribution in [-0.2, 0) is 20.9 Å². The van der Waals surface area contributed by atoms with Crippen molar-refractivity contribution in [2.45, 2.75) is 42.0 Å². The van der Waals surface area contributed by atoms with Gasteiger partial charge in [0.05, 0.1) is 25.7 Å². The number of carbonyl (C=O) groups excluding carboxylic acids is 2. The number of likely N-dealkylation sites (tertiary alicyclic amines) is 1. The Morgan fingerprint density at radius 1 is 1.11 bits per heavy atom. The minimum absolute atomic E-state index is 0.0560. The predicted molar refractivity (Wildman–Crippen MR) is 180 cm³/mol. The van der Waals surface area contributed by atoms with Gasteiger partial charge in [-0.15, -0.1) is 11.8 Å². The van der Waals surface area contributed by atoms with E-state index in [-0.39, 0.29) is 18.2 Å². The first kappa shape index (κ1) is 31.2. The highest BCUT2D eigenvalue weighted by Crippen LogP contribution is 2.54. The summed E-state index contributed by atoms with van der Waals surface area (Å²) < 4.78 is 5.34. The lowest BCUT2D eigenvalue weighted by Gasteiger charge is -2.36. The third kappa shape index (κ3) is 6.72. The molecule has 2 aliphatic rings. The van der Waals surface area contributed by atoms with E-state index in [1.54, 1.807) is 0 Å². The molecule has 0 aliphatic carbocycles. The summed E-state index contributed by atoms with van der Waals surface area (Å²) in [5.41, 5.74) is 3.97. The van der Waals surface area contributed by atoms with Crippen molar-refractivity contribution in [1.82, 2.24) is 20.1 Å². The van der Waals surface area contributed by atoms with Crippen molar-refractivity contribution in [3.05, 3.63) is 99.1 Å². The Morgan fingerprint density at radius 3 is 2.61 bits per heavy atom. The van der Waals surface area contributed by atoms with Crippen LogP contribution in [-0.4, -0.2) is 70.7 Å². The summed E-state index contributed by atoms with van der Waals surface area (Å²) in [6, 6.07) is 21.3. The first-order valence-corrected chi connectivity index (χ1v) is 17.0. The molecule has 0 radical (unpaired) electrons. The number of thioether (sulfide) groups is 1. The summed E-state index contributed by atoms with van der Waals surface area (Å²) in [6.45, 7) is 7.15. The smallest absolute Gasteiger partial charge is 0.239 e. The number of aromatic amines is 1. The van der Waals surface area contributed by atoms with Crippen LogP contribution in [0.1, 0.15) is 35.6 Å². The standard InChI is InChI=1S/C34H36BrClN4O3S/c1-23-3-10-27(11-4-23)44-34(33(42)37-13-2-14-39-15-17-43-18-16-39)20-31(41)40(22-24-5-8-26(36)9-6-24)32(34)29-21-38-30-19-25(35)7-12-28(29)30/h3-12,19,21,32,38H,2,13-18,20,22H2,1H3,(H,37,42)/t32-,34+/m0/s1. The van der Waals surface area contributed by atoms with Crippen LogP contribution >= 0.6 is 39.3 Å². The molecule has 2 fully saturated rings. The summed E-state index contributed by atoms with van der Waals surface area (Å²) in [5.74, 6) is -0.173. The van der Waals surface area contributed by atoms with Gasteiger partial charge in [-0.1, -0.05) is 63.4 Å². The molecule has 10 heteroatoms. The zero-order valence-corrected chi connectivity index (χ0v) is 27.8. The van der Waals surface area contributed by atoms with E-state index in [1.807, 2.05) is 66.6 Å². The second kappa shape index (κ2) is 13.7. The molecule has 4 aromatic rings. The number of amides is 2. The fourth-order valence-corrected chi connectivity index (χ4v) is 8.10. The molecule has 2 atom stereocenters. The SMILES string of the molecule is Cc1ccc(S[C@]2(C(=O)NCCCN3CCOCC3)CC(=O)N(Cc3ccc(Cl)cc3)[C@H]2c2c[nH]c3cc(Br)ccc23)cc1. The van der Waals surface area contributed by atoms with Gasteiger partial charge in [-0.3, -0.25) is 14.5 Å². The number of nitrogens with one attached hydrogen (secondary N) is 2. The fraction of sp³-hybridized carbons (Fsp3) is 0.353. The van der Waals surface area contributed by atoms with Gasteiger partial charge in [-0.2, -0.15) is 0 Å². The number of hydrogen-bond donors (Lipinski definition) is 2. The van der Waals surface area contributed by atoms with Gasteiger partial charge in [0.1, 0.15) is 4.75 Å². The average Bonchev–Trinajstić information content (AvgIpc) is 3.55. The third-order valence-electron chi connectivity index (χ3n) is 8.47. The summed E-state index contributed by atoms with van der Waals surface area (Å²) >= 11 is 11.3. The molecule has 3 heterocycles. The zero-order valence-electron chi connectivity index (χ0n) is 24.7. The van der Waals surface area contributed by atoms with Gasteiger partial charge in [0, 0.05) is 63.2 Å². The monoisotopic (exact) mass is 694 g/mol. The Bertz CT molecular complexity index is 1620. The minimum atomic E-state index is -1.10. The van der Waals surface area contributed by atoms with E-state index in [2.05, 4.69) is 49.3 Å². The average molecular weight is 696 g/mol. The van der Waals surface area contributed by atoms with Gasteiger partial charge in [0.2, 0.25) is 11.8 Å². The Kier molecular flexibility index (Phi) is 9.68. The zero-order chi connectivity index (χ0) is 30.7. The summed E-state index contributed by atoms with van der Waals surface area (Å²) in [7, 11) is 0. The predicted octanol–water partition coefficient (Wildman–Crippen LogP) is 6.74. The van der Waals surface area contributed by atoms with Gasteiger partial charge >= 0.3 is 0 Å². The van der Waals surface area contributed by atoms with E-state index in [1.165, 1.54) is 11.8 Å². The van der Waals surface area contributed by atoms with Gasteiger partial charge in [-0.05, 0) is 61.9 Å². The number of morpholine rings is 1. The first-order chi connectivity index (χ1) is 21.3. The molecule has 0 spiro atoms. The van der Waals surface area contributed by atoms with Crippen molar-refractivity contribution < 1.29 is 14.3 Å². The molecule has 2 amide bonds. The van der Waals surface area contributed by atoms with Crippen LogP contribution in [0.3, 0.4) is 0 Å². The molecule has 44 heavy (non-hydrogen) atoms. The van der Waals surface area contributed by atoms with E-state index in [0.29, 0.717) is 18.1 Å².